The van der Waals surface area contributed by atoms with E-state index in [1.54, 1.807) is 4.90 Å². The van der Waals surface area contributed by atoms with Crippen molar-refractivity contribution >= 4 is 11.9 Å². The third kappa shape index (κ3) is 4.85. The second kappa shape index (κ2) is 7.20. The van der Waals surface area contributed by atoms with Gasteiger partial charge in [0.25, 0.3) is 0 Å². The number of ether oxygens (including phenoxy) is 1. The maximum Gasteiger partial charge on any atom is 0.410 e. The Morgan fingerprint density at radius 3 is 2.43 bits per heavy atom. The molecule has 1 amide bonds. The Morgan fingerprint density at radius 1 is 1.17 bits per heavy atom. The molecule has 0 aromatic rings. The van der Waals surface area contributed by atoms with Crippen LogP contribution < -0.4 is 0 Å². The summed E-state index contributed by atoms with van der Waals surface area (Å²) in [6.07, 6.45) is 5.93. The predicted molar refractivity (Wildman–Crippen MR) is 93.6 cm³/mol. The van der Waals surface area contributed by atoms with Gasteiger partial charge in [0, 0.05) is 32.4 Å². The lowest BCUT2D eigenvalue weighted by atomic mass is 10.0. The number of piperazine rings is 1. The Hall–Kier alpha value is -1.78. The third-order valence-electron chi connectivity index (χ3n) is 4.19. The van der Waals surface area contributed by atoms with Crippen LogP contribution in [0.15, 0.2) is 28.4 Å². The zero-order valence-corrected chi connectivity index (χ0v) is 15.1. The zero-order valence-electron chi connectivity index (χ0n) is 15.1. The van der Waals surface area contributed by atoms with E-state index in [4.69, 9.17) is 4.74 Å². The van der Waals surface area contributed by atoms with E-state index in [1.165, 1.54) is 11.1 Å². The number of carbonyl (C=O) groups is 1. The zero-order chi connectivity index (χ0) is 17.0. The topological polar surface area (TPSA) is 45.1 Å². The average Bonchev–Trinajstić information content (AvgIpc) is 2.47. The number of hydrogen-bond donors (Lipinski definition) is 0. The van der Waals surface area contributed by atoms with Gasteiger partial charge in [-0.05, 0) is 53.0 Å². The maximum absolute atomic E-state index is 12.1. The van der Waals surface area contributed by atoms with E-state index in [2.05, 4.69) is 29.8 Å². The predicted octanol–water partition coefficient (Wildman–Crippen LogP) is 3.58. The SMILES string of the molecule is CC1=C(C)C(N2CCN(C(=O)OC(C)(C)C)CC2)=NC=CCC1. The Kier molecular flexibility index (Phi) is 5.50. The number of amidine groups is 1. The van der Waals surface area contributed by atoms with E-state index in [0.717, 1.165) is 31.8 Å². The number of carbonyl (C=O) groups excluding carboxylic acids is 1. The van der Waals surface area contributed by atoms with Crippen molar-refractivity contribution in [1.29, 1.82) is 0 Å². The molecule has 23 heavy (non-hydrogen) atoms. The van der Waals surface area contributed by atoms with E-state index in [0.29, 0.717) is 13.1 Å². The summed E-state index contributed by atoms with van der Waals surface area (Å²) in [5, 5.41) is 0. The first-order valence-corrected chi connectivity index (χ1v) is 8.40. The molecule has 128 valence electrons. The van der Waals surface area contributed by atoms with Gasteiger partial charge in [0.15, 0.2) is 0 Å². The minimum absolute atomic E-state index is 0.222. The van der Waals surface area contributed by atoms with Crippen LogP contribution in [0.5, 0.6) is 0 Å². The molecule has 0 unspecified atom stereocenters. The fourth-order valence-electron chi connectivity index (χ4n) is 2.72. The Morgan fingerprint density at radius 2 is 1.83 bits per heavy atom. The second-order valence-corrected chi connectivity index (χ2v) is 7.24. The summed E-state index contributed by atoms with van der Waals surface area (Å²) in [4.78, 5) is 20.8. The quantitative estimate of drug-likeness (QED) is 0.685. The minimum atomic E-state index is -0.445. The van der Waals surface area contributed by atoms with Gasteiger partial charge in [-0.25, -0.2) is 9.79 Å². The van der Waals surface area contributed by atoms with Gasteiger partial charge < -0.3 is 14.5 Å². The molecule has 2 heterocycles. The smallest absolute Gasteiger partial charge is 0.410 e. The highest BCUT2D eigenvalue weighted by atomic mass is 16.6. The number of amides is 1. The summed E-state index contributed by atoms with van der Waals surface area (Å²) < 4.78 is 5.45. The summed E-state index contributed by atoms with van der Waals surface area (Å²) in [6.45, 7) is 12.9. The molecule has 0 atom stereocenters. The molecule has 0 N–H and O–H groups in total. The second-order valence-electron chi connectivity index (χ2n) is 7.24. The fourth-order valence-corrected chi connectivity index (χ4v) is 2.72. The summed E-state index contributed by atoms with van der Waals surface area (Å²) in [6, 6.07) is 0. The van der Waals surface area contributed by atoms with E-state index in [9.17, 15) is 4.79 Å². The van der Waals surface area contributed by atoms with Crippen molar-refractivity contribution < 1.29 is 9.53 Å². The Labute approximate surface area is 139 Å². The summed E-state index contributed by atoms with van der Waals surface area (Å²) in [7, 11) is 0. The van der Waals surface area contributed by atoms with Crippen LogP contribution in [-0.4, -0.2) is 53.5 Å². The van der Waals surface area contributed by atoms with Crippen LogP contribution in [-0.2, 0) is 4.74 Å². The van der Waals surface area contributed by atoms with Crippen LogP contribution in [0, 0.1) is 0 Å². The van der Waals surface area contributed by atoms with Crippen LogP contribution in [0.25, 0.3) is 0 Å². The molecule has 2 rings (SSSR count). The first kappa shape index (κ1) is 17.6. The molecule has 2 aliphatic heterocycles. The molecule has 2 aliphatic rings. The Bertz CT molecular complexity index is 533. The summed E-state index contributed by atoms with van der Waals surface area (Å²) >= 11 is 0. The molecule has 0 bridgehead atoms. The summed E-state index contributed by atoms with van der Waals surface area (Å²) in [5.41, 5.74) is 2.21. The van der Waals surface area contributed by atoms with Crippen LogP contribution in [0.3, 0.4) is 0 Å². The van der Waals surface area contributed by atoms with Crippen LogP contribution in [0.4, 0.5) is 4.79 Å². The lowest BCUT2D eigenvalue weighted by Crippen LogP contribution is -2.51. The third-order valence-corrected chi connectivity index (χ3v) is 4.19. The normalized spacial score (nSPS) is 20.1. The highest BCUT2D eigenvalue weighted by molar-refractivity contribution is 5.99. The number of allylic oxidation sites excluding steroid dienone is 2. The van der Waals surface area contributed by atoms with Gasteiger partial charge in [0.2, 0.25) is 0 Å². The van der Waals surface area contributed by atoms with Crippen LogP contribution in [0.2, 0.25) is 0 Å². The molecule has 0 aromatic heterocycles. The monoisotopic (exact) mass is 319 g/mol. The van der Waals surface area contributed by atoms with Gasteiger partial charge in [-0.15, -0.1) is 0 Å². The highest BCUT2D eigenvalue weighted by Crippen LogP contribution is 2.19. The van der Waals surface area contributed by atoms with Crippen molar-refractivity contribution in [3.8, 4) is 0 Å². The van der Waals surface area contributed by atoms with Gasteiger partial charge in [-0.3, -0.25) is 0 Å². The molecule has 0 aromatic carbocycles. The van der Waals surface area contributed by atoms with Gasteiger partial charge in [-0.2, -0.15) is 0 Å². The maximum atomic E-state index is 12.1. The van der Waals surface area contributed by atoms with Crippen molar-refractivity contribution in [2.75, 3.05) is 26.2 Å². The molecule has 0 radical (unpaired) electrons. The lowest BCUT2D eigenvalue weighted by Gasteiger charge is -2.37. The molecule has 0 saturated carbocycles. The first-order valence-electron chi connectivity index (χ1n) is 8.40. The fraction of sp³-hybridized carbons (Fsp3) is 0.667. The summed E-state index contributed by atoms with van der Waals surface area (Å²) in [5.74, 6) is 1.04. The number of hydrogen-bond acceptors (Lipinski definition) is 4. The standard InChI is InChI=1S/C18H29N3O2/c1-14-8-6-7-9-19-16(15(14)2)20-10-12-21(13-11-20)17(22)23-18(3,4)5/h7,9H,6,8,10-13H2,1-5H3. The number of aliphatic imine (C=N–C) groups is 1. The molecule has 5 heteroatoms. The van der Waals surface area contributed by atoms with Gasteiger partial charge in [0.05, 0.1) is 0 Å². The van der Waals surface area contributed by atoms with Crippen LogP contribution in [0.1, 0.15) is 47.5 Å². The van der Waals surface area contributed by atoms with E-state index >= 15 is 0 Å². The van der Waals surface area contributed by atoms with Crippen molar-refractivity contribution in [3.63, 3.8) is 0 Å². The molecule has 0 spiro atoms. The van der Waals surface area contributed by atoms with E-state index in [-0.39, 0.29) is 6.09 Å². The molecule has 1 saturated heterocycles. The average molecular weight is 319 g/mol. The van der Waals surface area contributed by atoms with Crippen molar-refractivity contribution in [1.82, 2.24) is 9.80 Å². The first-order chi connectivity index (χ1) is 10.8. The van der Waals surface area contributed by atoms with Crippen molar-refractivity contribution in [3.05, 3.63) is 23.4 Å². The lowest BCUT2D eigenvalue weighted by molar-refractivity contribution is 0.0187. The van der Waals surface area contributed by atoms with Crippen molar-refractivity contribution in [2.24, 2.45) is 4.99 Å². The van der Waals surface area contributed by atoms with E-state index < -0.39 is 5.60 Å². The largest absolute Gasteiger partial charge is 0.444 e. The van der Waals surface area contributed by atoms with E-state index in [1.807, 2.05) is 27.0 Å². The molecule has 5 nitrogen and oxygen atoms in total. The molecule has 0 aliphatic carbocycles. The van der Waals surface area contributed by atoms with Crippen molar-refractivity contribution in [2.45, 2.75) is 53.1 Å². The van der Waals surface area contributed by atoms with Crippen LogP contribution >= 0.6 is 0 Å². The highest BCUT2D eigenvalue weighted by Gasteiger charge is 2.27. The molecule has 1 fully saturated rings. The number of nitrogens with zero attached hydrogens (tertiary/aromatic N) is 3. The van der Waals surface area contributed by atoms with Gasteiger partial charge in [-0.1, -0.05) is 11.6 Å². The molecular weight excluding hydrogens is 290 g/mol. The number of rotatable bonds is 0. The Balaban J connectivity index is 2.01. The van der Waals surface area contributed by atoms with Gasteiger partial charge in [0.1, 0.15) is 11.4 Å². The van der Waals surface area contributed by atoms with Gasteiger partial charge >= 0.3 is 6.09 Å². The minimum Gasteiger partial charge on any atom is -0.444 e. The molecular formula is C18H29N3O2.